The van der Waals surface area contributed by atoms with Crippen molar-refractivity contribution in [3.8, 4) is 0 Å². The summed E-state index contributed by atoms with van der Waals surface area (Å²) < 4.78 is 1.20. The predicted molar refractivity (Wildman–Crippen MR) is 95.5 cm³/mol. The van der Waals surface area contributed by atoms with Crippen LogP contribution >= 0.6 is 27.3 Å². The lowest BCUT2D eigenvalue weighted by Crippen LogP contribution is -2.08. The monoisotopic (exact) mass is 359 g/mol. The Bertz CT molecular complexity index is 362. The van der Waals surface area contributed by atoms with E-state index in [9.17, 15) is 0 Å². The first-order valence-corrected chi connectivity index (χ1v) is 9.77. The molecule has 2 N–H and O–H groups in total. The highest BCUT2D eigenvalue weighted by Gasteiger charge is 2.12. The molecule has 3 heteroatoms. The lowest BCUT2D eigenvalue weighted by atomic mass is 10.0. The van der Waals surface area contributed by atoms with E-state index in [0.29, 0.717) is 0 Å². The topological polar surface area (TPSA) is 26.0 Å². The molecule has 0 fully saturated rings. The van der Waals surface area contributed by atoms with E-state index in [4.69, 9.17) is 5.73 Å². The van der Waals surface area contributed by atoms with E-state index in [-0.39, 0.29) is 6.04 Å². The Kier molecular flexibility index (Phi) is 9.83. The van der Waals surface area contributed by atoms with Crippen molar-refractivity contribution in [2.75, 3.05) is 0 Å². The maximum absolute atomic E-state index is 6.29. The van der Waals surface area contributed by atoms with Crippen molar-refractivity contribution in [1.29, 1.82) is 0 Å². The van der Waals surface area contributed by atoms with Gasteiger partial charge < -0.3 is 5.73 Å². The molecule has 0 aliphatic carbocycles. The van der Waals surface area contributed by atoms with Crippen LogP contribution in [0.15, 0.2) is 10.5 Å². The fourth-order valence-electron chi connectivity index (χ4n) is 2.56. The summed E-state index contributed by atoms with van der Waals surface area (Å²) in [6, 6.07) is 2.39. The minimum absolute atomic E-state index is 0.215. The second-order valence-electron chi connectivity index (χ2n) is 5.79. The number of aryl methyl sites for hydroxylation is 1. The maximum Gasteiger partial charge on any atom is 0.0401 e. The molecule has 20 heavy (non-hydrogen) atoms. The molecule has 0 aromatic carbocycles. The van der Waals surface area contributed by atoms with Gasteiger partial charge in [-0.25, -0.2) is 0 Å². The molecule has 0 spiro atoms. The summed E-state index contributed by atoms with van der Waals surface area (Å²) in [6.45, 7) is 4.42. The number of hydrogen-bond donors (Lipinski definition) is 1. The van der Waals surface area contributed by atoms with Gasteiger partial charge in [-0.05, 0) is 35.3 Å². The molecule has 1 heterocycles. The third-order valence-electron chi connectivity index (χ3n) is 3.79. The molecule has 0 aliphatic heterocycles. The summed E-state index contributed by atoms with van der Waals surface area (Å²) in [7, 11) is 0. The zero-order valence-corrected chi connectivity index (χ0v) is 15.5. The van der Waals surface area contributed by atoms with Crippen molar-refractivity contribution in [1.82, 2.24) is 0 Å². The Labute approximate surface area is 137 Å². The molecule has 0 radical (unpaired) electrons. The molecule has 1 atom stereocenters. The third kappa shape index (κ3) is 7.24. The molecule has 1 unspecified atom stereocenters. The van der Waals surface area contributed by atoms with Crippen LogP contribution in [0.4, 0.5) is 0 Å². The first-order chi connectivity index (χ1) is 9.65. The van der Waals surface area contributed by atoms with Crippen molar-refractivity contribution < 1.29 is 0 Å². The van der Waals surface area contributed by atoms with Crippen LogP contribution in [0.3, 0.4) is 0 Å². The van der Waals surface area contributed by atoms with E-state index in [1.807, 2.05) is 11.3 Å². The van der Waals surface area contributed by atoms with Gasteiger partial charge in [0, 0.05) is 20.3 Å². The Morgan fingerprint density at radius 3 is 2.10 bits per heavy atom. The molecule has 0 bridgehead atoms. The van der Waals surface area contributed by atoms with Crippen molar-refractivity contribution in [3.05, 3.63) is 20.3 Å². The van der Waals surface area contributed by atoms with E-state index in [1.54, 1.807) is 0 Å². The molecule has 116 valence electrons. The third-order valence-corrected chi connectivity index (χ3v) is 5.89. The van der Waals surface area contributed by atoms with Crippen LogP contribution < -0.4 is 5.73 Å². The molecule has 0 aliphatic rings. The Hall–Kier alpha value is 0.140. The fraction of sp³-hybridized carbons (Fsp3) is 0.765. The highest BCUT2D eigenvalue weighted by molar-refractivity contribution is 9.10. The van der Waals surface area contributed by atoms with Crippen LogP contribution in [0.2, 0.25) is 0 Å². The van der Waals surface area contributed by atoms with Gasteiger partial charge in [0.15, 0.2) is 0 Å². The zero-order chi connectivity index (χ0) is 14.8. The summed E-state index contributed by atoms with van der Waals surface area (Å²) in [5, 5.41) is 0. The lowest BCUT2D eigenvalue weighted by Gasteiger charge is -2.10. The van der Waals surface area contributed by atoms with Crippen LogP contribution in [0.25, 0.3) is 0 Å². The fourth-order valence-corrected chi connectivity index (χ4v) is 4.54. The van der Waals surface area contributed by atoms with Gasteiger partial charge in [-0.2, -0.15) is 0 Å². The number of rotatable bonds is 11. The number of unbranched alkanes of at least 4 members (excludes halogenated alkanes) is 8. The van der Waals surface area contributed by atoms with Crippen LogP contribution in [-0.4, -0.2) is 0 Å². The standard InChI is InChI=1S/C17H30BrNS/c1-3-4-5-6-7-8-9-10-11-12-16(19)17-15(18)13-14(2)20-17/h13,16H,3-12,19H2,1-2H3. The van der Waals surface area contributed by atoms with Gasteiger partial charge in [0.2, 0.25) is 0 Å². The summed E-state index contributed by atoms with van der Waals surface area (Å²) in [5.41, 5.74) is 6.29. The van der Waals surface area contributed by atoms with Gasteiger partial charge in [-0.15, -0.1) is 11.3 Å². The zero-order valence-electron chi connectivity index (χ0n) is 13.1. The van der Waals surface area contributed by atoms with Crippen molar-refractivity contribution in [3.63, 3.8) is 0 Å². The molecule has 1 rings (SSSR count). The summed E-state index contributed by atoms with van der Waals surface area (Å²) >= 11 is 5.44. The van der Waals surface area contributed by atoms with E-state index >= 15 is 0 Å². The van der Waals surface area contributed by atoms with Gasteiger partial charge in [-0.3, -0.25) is 0 Å². The van der Waals surface area contributed by atoms with Gasteiger partial charge >= 0.3 is 0 Å². The highest BCUT2D eigenvalue weighted by Crippen LogP contribution is 2.33. The quantitative estimate of drug-likeness (QED) is 0.435. The molecular weight excluding hydrogens is 330 g/mol. The van der Waals surface area contributed by atoms with E-state index in [1.165, 1.54) is 72.0 Å². The minimum atomic E-state index is 0.215. The van der Waals surface area contributed by atoms with Crippen LogP contribution in [0.5, 0.6) is 0 Å². The Morgan fingerprint density at radius 1 is 1.05 bits per heavy atom. The van der Waals surface area contributed by atoms with Crippen LogP contribution in [-0.2, 0) is 0 Å². The predicted octanol–water partition coefficient (Wildman–Crippen LogP) is 6.74. The number of nitrogens with two attached hydrogens (primary N) is 1. The average Bonchev–Trinajstić information content (AvgIpc) is 2.75. The van der Waals surface area contributed by atoms with E-state index < -0.39 is 0 Å². The van der Waals surface area contributed by atoms with Gasteiger partial charge in [0.25, 0.3) is 0 Å². The minimum Gasteiger partial charge on any atom is -0.323 e. The smallest absolute Gasteiger partial charge is 0.0401 e. The highest BCUT2D eigenvalue weighted by atomic mass is 79.9. The lowest BCUT2D eigenvalue weighted by molar-refractivity contribution is 0.534. The van der Waals surface area contributed by atoms with Crippen molar-refractivity contribution in [2.45, 2.75) is 84.1 Å². The number of thiophene rings is 1. The first-order valence-electron chi connectivity index (χ1n) is 8.16. The summed E-state index contributed by atoms with van der Waals surface area (Å²) in [6.07, 6.45) is 13.5. The molecule has 0 amide bonds. The van der Waals surface area contributed by atoms with Crippen LogP contribution in [0, 0.1) is 6.92 Å². The maximum atomic E-state index is 6.29. The largest absolute Gasteiger partial charge is 0.323 e. The van der Waals surface area contributed by atoms with Crippen molar-refractivity contribution in [2.24, 2.45) is 5.73 Å². The summed E-state index contributed by atoms with van der Waals surface area (Å²) in [5.74, 6) is 0. The van der Waals surface area contributed by atoms with Crippen LogP contribution in [0.1, 0.15) is 86.9 Å². The van der Waals surface area contributed by atoms with Gasteiger partial charge in [0.1, 0.15) is 0 Å². The Balaban J connectivity index is 2.02. The average molecular weight is 360 g/mol. The second kappa shape index (κ2) is 10.8. The number of hydrogen-bond acceptors (Lipinski definition) is 2. The SMILES string of the molecule is CCCCCCCCCCCC(N)c1sc(C)cc1Br. The van der Waals surface area contributed by atoms with Gasteiger partial charge in [-0.1, -0.05) is 64.7 Å². The van der Waals surface area contributed by atoms with Crippen molar-refractivity contribution >= 4 is 27.3 Å². The molecule has 1 aromatic rings. The molecular formula is C17H30BrNS. The molecule has 0 saturated heterocycles. The summed E-state index contributed by atoms with van der Waals surface area (Å²) in [4.78, 5) is 2.66. The Morgan fingerprint density at radius 2 is 1.60 bits per heavy atom. The molecule has 0 saturated carbocycles. The van der Waals surface area contributed by atoms with Gasteiger partial charge in [0.05, 0.1) is 0 Å². The molecule has 1 nitrogen and oxygen atoms in total. The second-order valence-corrected chi connectivity index (χ2v) is 7.94. The van der Waals surface area contributed by atoms with E-state index in [0.717, 1.165) is 6.42 Å². The number of halogens is 1. The molecule has 1 aromatic heterocycles. The first kappa shape index (κ1) is 18.2. The normalized spacial score (nSPS) is 12.8. The van der Waals surface area contributed by atoms with E-state index in [2.05, 4.69) is 35.8 Å².